The fourth-order valence-electron chi connectivity index (χ4n) is 1.78. The zero-order chi connectivity index (χ0) is 14.5. The van der Waals surface area contributed by atoms with Gasteiger partial charge in [-0.05, 0) is 46.1 Å². The minimum absolute atomic E-state index is 0.479. The van der Waals surface area contributed by atoms with Gasteiger partial charge in [-0.3, -0.25) is 4.79 Å². The smallest absolute Gasteiger partial charge is 0.310 e. The van der Waals surface area contributed by atoms with Crippen molar-refractivity contribution in [3.63, 3.8) is 0 Å². The van der Waals surface area contributed by atoms with Crippen LogP contribution in [-0.2, 0) is 11.4 Å². The first-order valence-electron chi connectivity index (χ1n) is 6.27. The second-order valence-electron chi connectivity index (χ2n) is 4.52. The van der Waals surface area contributed by atoms with Gasteiger partial charge in [0.25, 0.3) is 0 Å². The predicted octanol–water partition coefficient (Wildman–Crippen LogP) is 4.22. The zero-order valence-corrected chi connectivity index (χ0v) is 12.6. The molecule has 0 heterocycles. The molecule has 0 saturated heterocycles. The summed E-state index contributed by atoms with van der Waals surface area (Å²) in [5.41, 5.74) is 1.83. The Morgan fingerprint density at radius 3 is 2.55 bits per heavy atom. The Labute approximate surface area is 126 Å². The lowest BCUT2D eigenvalue weighted by molar-refractivity contribution is -0.138. The minimum Gasteiger partial charge on any atom is -0.488 e. The van der Waals surface area contributed by atoms with Gasteiger partial charge < -0.3 is 9.84 Å². The number of ether oxygens (including phenoxy) is 1. The average Bonchev–Trinajstić information content (AvgIpc) is 2.46. The molecular weight excluding hydrogens is 320 g/mol. The van der Waals surface area contributed by atoms with Crippen molar-refractivity contribution in [3.05, 3.63) is 64.1 Å². The molecule has 0 aliphatic carbocycles. The Hall–Kier alpha value is -1.81. The van der Waals surface area contributed by atoms with Crippen LogP contribution in [0, 0.1) is 0 Å². The number of carboxylic acids is 1. The normalized spacial score (nSPS) is 11.9. The van der Waals surface area contributed by atoms with E-state index < -0.39 is 11.9 Å². The van der Waals surface area contributed by atoms with Gasteiger partial charge in [0.2, 0.25) is 0 Å². The SMILES string of the molecule is CC(C(=O)O)c1ccc(OCc2ccccc2)c(Br)c1. The van der Waals surface area contributed by atoms with E-state index in [0.29, 0.717) is 12.4 Å². The Morgan fingerprint density at radius 2 is 1.95 bits per heavy atom. The van der Waals surface area contributed by atoms with Gasteiger partial charge in [-0.15, -0.1) is 0 Å². The number of benzene rings is 2. The standard InChI is InChI=1S/C16H15BrO3/c1-11(16(18)19)13-7-8-15(14(17)9-13)20-10-12-5-3-2-4-6-12/h2-9,11H,10H2,1H3,(H,18,19). The molecular formula is C16H15BrO3. The first kappa shape index (κ1) is 14.6. The van der Waals surface area contributed by atoms with Crippen molar-refractivity contribution >= 4 is 21.9 Å². The predicted molar refractivity (Wildman–Crippen MR) is 81.0 cm³/mol. The molecule has 0 bridgehead atoms. The van der Waals surface area contributed by atoms with Crippen LogP contribution in [0.5, 0.6) is 5.75 Å². The van der Waals surface area contributed by atoms with Crippen LogP contribution in [0.2, 0.25) is 0 Å². The third-order valence-corrected chi connectivity index (χ3v) is 3.68. The van der Waals surface area contributed by atoms with Crippen LogP contribution in [0.15, 0.2) is 53.0 Å². The van der Waals surface area contributed by atoms with E-state index in [9.17, 15) is 4.79 Å². The van der Waals surface area contributed by atoms with Gasteiger partial charge in [-0.1, -0.05) is 36.4 Å². The van der Waals surface area contributed by atoms with E-state index in [1.54, 1.807) is 25.1 Å². The summed E-state index contributed by atoms with van der Waals surface area (Å²) in [5, 5.41) is 9.00. The van der Waals surface area contributed by atoms with Crippen molar-refractivity contribution in [2.45, 2.75) is 19.4 Å². The Morgan fingerprint density at radius 1 is 1.25 bits per heavy atom. The number of rotatable bonds is 5. The van der Waals surface area contributed by atoms with E-state index in [-0.39, 0.29) is 0 Å². The fraction of sp³-hybridized carbons (Fsp3) is 0.188. The Bertz CT molecular complexity index is 596. The number of hydrogen-bond acceptors (Lipinski definition) is 2. The molecule has 1 unspecified atom stereocenters. The van der Waals surface area contributed by atoms with Crippen molar-refractivity contribution in [2.75, 3.05) is 0 Å². The number of hydrogen-bond donors (Lipinski definition) is 1. The van der Waals surface area contributed by atoms with Crippen LogP contribution in [0.25, 0.3) is 0 Å². The van der Waals surface area contributed by atoms with Gasteiger partial charge in [0.1, 0.15) is 12.4 Å². The lowest BCUT2D eigenvalue weighted by atomic mass is 10.0. The quantitative estimate of drug-likeness (QED) is 0.890. The largest absolute Gasteiger partial charge is 0.488 e. The van der Waals surface area contributed by atoms with Crippen LogP contribution < -0.4 is 4.74 Å². The molecule has 2 aromatic rings. The van der Waals surface area contributed by atoms with Crippen molar-refractivity contribution in [3.8, 4) is 5.75 Å². The molecule has 20 heavy (non-hydrogen) atoms. The molecule has 0 aromatic heterocycles. The molecule has 0 aliphatic heterocycles. The summed E-state index contributed by atoms with van der Waals surface area (Å²) in [5.74, 6) is -0.667. The van der Waals surface area contributed by atoms with E-state index in [2.05, 4.69) is 15.9 Å². The van der Waals surface area contributed by atoms with Crippen molar-refractivity contribution < 1.29 is 14.6 Å². The molecule has 0 spiro atoms. The summed E-state index contributed by atoms with van der Waals surface area (Å²) in [6.07, 6.45) is 0. The number of carbonyl (C=O) groups is 1. The second kappa shape index (κ2) is 6.57. The number of carboxylic acid groups (broad SMARTS) is 1. The Balaban J connectivity index is 2.08. The molecule has 4 heteroatoms. The van der Waals surface area contributed by atoms with Gasteiger partial charge in [0.05, 0.1) is 10.4 Å². The molecule has 0 aliphatic rings. The molecule has 2 aromatic carbocycles. The lowest BCUT2D eigenvalue weighted by Gasteiger charge is -2.11. The Kier molecular flexibility index (Phi) is 4.79. The molecule has 1 N–H and O–H groups in total. The van der Waals surface area contributed by atoms with Gasteiger partial charge in [-0.2, -0.15) is 0 Å². The van der Waals surface area contributed by atoms with Crippen molar-refractivity contribution in [1.82, 2.24) is 0 Å². The van der Waals surface area contributed by atoms with E-state index in [4.69, 9.17) is 9.84 Å². The minimum atomic E-state index is -0.838. The second-order valence-corrected chi connectivity index (χ2v) is 5.38. The monoisotopic (exact) mass is 334 g/mol. The number of aliphatic carboxylic acids is 1. The summed E-state index contributed by atoms with van der Waals surface area (Å²) >= 11 is 3.42. The molecule has 2 rings (SSSR count). The molecule has 0 amide bonds. The van der Waals surface area contributed by atoms with Crippen molar-refractivity contribution in [1.29, 1.82) is 0 Å². The highest BCUT2D eigenvalue weighted by atomic mass is 79.9. The summed E-state index contributed by atoms with van der Waals surface area (Å²) in [6.45, 7) is 2.14. The van der Waals surface area contributed by atoms with Gasteiger partial charge in [-0.25, -0.2) is 0 Å². The van der Waals surface area contributed by atoms with Crippen LogP contribution >= 0.6 is 15.9 Å². The molecule has 0 radical (unpaired) electrons. The fourth-order valence-corrected chi connectivity index (χ4v) is 2.29. The average molecular weight is 335 g/mol. The van der Waals surface area contributed by atoms with Crippen LogP contribution in [0.4, 0.5) is 0 Å². The molecule has 0 fully saturated rings. The van der Waals surface area contributed by atoms with E-state index in [1.165, 1.54) is 0 Å². The summed E-state index contributed by atoms with van der Waals surface area (Å²) in [4.78, 5) is 11.0. The molecule has 0 saturated carbocycles. The maximum absolute atomic E-state index is 11.0. The molecule has 104 valence electrons. The van der Waals surface area contributed by atoms with E-state index >= 15 is 0 Å². The molecule has 3 nitrogen and oxygen atoms in total. The maximum Gasteiger partial charge on any atom is 0.310 e. The summed E-state index contributed by atoms with van der Waals surface area (Å²) in [6, 6.07) is 15.2. The topological polar surface area (TPSA) is 46.5 Å². The van der Waals surface area contributed by atoms with Crippen LogP contribution in [0.3, 0.4) is 0 Å². The lowest BCUT2D eigenvalue weighted by Crippen LogP contribution is -2.07. The van der Waals surface area contributed by atoms with Gasteiger partial charge >= 0.3 is 5.97 Å². The van der Waals surface area contributed by atoms with Crippen molar-refractivity contribution in [2.24, 2.45) is 0 Å². The third kappa shape index (κ3) is 3.61. The van der Waals surface area contributed by atoms with Gasteiger partial charge in [0, 0.05) is 0 Å². The third-order valence-electron chi connectivity index (χ3n) is 3.06. The van der Waals surface area contributed by atoms with E-state index in [0.717, 1.165) is 15.6 Å². The van der Waals surface area contributed by atoms with E-state index in [1.807, 2.05) is 30.3 Å². The molecule has 1 atom stereocenters. The first-order valence-corrected chi connectivity index (χ1v) is 7.06. The van der Waals surface area contributed by atoms with Crippen LogP contribution in [-0.4, -0.2) is 11.1 Å². The summed E-state index contributed by atoms with van der Waals surface area (Å²) < 4.78 is 6.49. The van der Waals surface area contributed by atoms with Crippen LogP contribution in [0.1, 0.15) is 24.0 Å². The maximum atomic E-state index is 11.0. The highest BCUT2D eigenvalue weighted by Gasteiger charge is 2.15. The highest BCUT2D eigenvalue weighted by Crippen LogP contribution is 2.29. The highest BCUT2D eigenvalue weighted by molar-refractivity contribution is 9.10. The van der Waals surface area contributed by atoms with Gasteiger partial charge in [0.15, 0.2) is 0 Å². The number of halogens is 1. The zero-order valence-electron chi connectivity index (χ0n) is 11.0. The first-order chi connectivity index (χ1) is 9.58. The summed E-state index contributed by atoms with van der Waals surface area (Å²) in [7, 11) is 0.